The minimum atomic E-state index is 0. The number of benzene rings is 1. The maximum absolute atomic E-state index is 5.64. The van der Waals surface area contributed by atoms with Crippen LogP contribution in [0, 0.1) is 0 Å². The Morgan fingerprint density at radius 1 is 1.13 bits per heavy atom. The first kappa shape index (κ1) is 14.6. The van der Waals surface area contributed by atoms with Crippen molar-refractivity contribution in [1.29, 1.82) is 0 Å². The zero-order valence-corrected chi connectivity index (χ0v) is 10.2. The highest BCUT2D eigenvalue weighted by Gasteiger charge is 2.14. The maximum atomic E-state index is 5.64. The number of anilines is 1. The van der Waals surface area contributed by atoms with Crippen molar-refractivity contribution in [2.75, 3.05) is 18.8 Å². The highest BCUT2D eigenvalue weighted by Crippen LogP contribution is 2.23. The van der Waals surface area contributed by atoms with E-state index in [1.165, 1.54) is 24.9 Å². The van der Waals surface area contributed by atoms with Gasteiger partial charge in [-0.05, 0) is 43.0 Å². The summed E-state index contributed by atoms with van der Waals surface area (Å²) < 4.78 is 0. The van der Waals surface area contributed by atoms with Crippen molar-refractivity contribution in [3.05, 3.63) is 29.8 Å². The number of nitrogens with two attached hydrogens (primary N) is 1. The van der Waals surface area contributed by atoms with E-state index in [9.17, 15) is 0 Å². The average Bonchev–Trinajstić information content (AvgIpc) is 2.20. The molecule has 1 unspecified atom stereocenters. The third kappa shape index (κ3) is 3.90. The van der Waals surface area contributed by atoms with Gasteiger partial charge in [0.15, 0.2) is 0 Å². The molecule has 1 aliphatic heterocycles. The fourth-order valence-corrected chi connectivity index (χ4v) is 1.90. The van der Waals surface area contributed by atoms with Crippen LogP contribution in [0.15, 0.2) is 24.3 Å². The molecule has 1 aromatic rings. The molecule has 0 aliphatic carbocycles. The molecule has 0 spiro atoms. The van der Waals surface area contributed by atoms with Crippen LogP contribution < -0.4 is 11.1 Å². The molecule has 0 amide bonds. The van der Waals surface area contributed by atoms with E-state index in [2.05, 4.69) is 17.4 Å². The lowest BCUT2D eigenvalue weighted by Gasteiger charge is -2.23. The number of rotatable bonds is 1. The second-order valence-electron chi connectivity index (χ2n) is 3.71. The van der Waals surface area contributed by atoms with Crippen LogP contribution in [0.5, 0.6) is 0 Å². The van der Waals surface area contributed by atoms with Crippen LogP contribution in [-0.2, 0) is 0 Å². The van der Waals surface area contributed by atoms with Crippen LogP contribution in [-0.4, -0.2) is 13.1 Å². The normalized spacial score (nSPS) is 19.9. The van der Waals surface area contributed by atoms with Crippen LogP contribution in [0.25, 0.3) is 0 Å². The van der Waals surface area contributed by atoms with Gasteiger partial charge >= 0.3 is 0 Å². The molecule has 2 nitrogen and oxygen atoms in total. The van der Waals surface area contributed by atoms with Gasteiger partial charge in [-0.2, -0.15) is 0 Å². The minimum Gasteiger partial charge on any atom is -0.399 e. The van der Waals surface area contributed by atoms with Crippen LogP contribution in [0.2, 0.25) is 0 Å². The lowest BCUT2D eigenvalue weighted by Crippen LogP contribution is -2.28. The Bertz CT molecular complexity index is 268. The SMILES string of the molecule is Cl.Cl.Nc1ccc(C2CCCNC2)cc1. The molecule has 15 heavy (non-hydrogen) atoms. The molecular weight excluding hydrogens is 231 g/mol. The van der Waals surface area contributed by atoms with E-state index in [0.29, 0.717) is 5.92 Å². The van der Waals surface area contributed by atoms with Crippen molar-refractivity contribution in [1.82, 2.24) is 5.32 Å². The van der Waals surface area contributed by atoms with E-state index in [0.717, 1.165) is 12.2 Å². The molecule has 1 heterocycles. The van der Waals surface area contributed by atoms with E-state index >= 15 is 0 Å². The Kier molecular flexibility index (Phi) is 6.73. The number of nitrogen functional groups attached to an aromatic ring is 1. The predicted octanol–water partition coefficient (Wildman–Crippen LogP) is 2.58. The Morgan fingerprint density at radius 2 is 1.80 bits per heavy atom. The number of piperidine rings is 1. The number of halogens is 2. The summed E-state index contributed by atoms with van der Waals surface area (Å²) in [6.45, 7) is 2.29. The number of nitrogens with one attached hydrogen (secondary N) is 1. The van der Waals surface area contributed by atoms with Gasteiger partial charge in [0, 0.05) is 12.2 Å². The molecule has 1 fully saturated rings. The standard InChI is InChI=1S/C11H16N2.2ClH/c12-11-5-3-9(4-6-11)10-2-1-7-13-8-10;;/h3-6,10,13H,1-2,7-8,12H2;2*1H. The van der Waals surface area contributed by atoms with E-state index in [1.54, 1.807) is 0 Å². The Hall–Kier alpha value is -0.440. The number of hydrogen-bond donors (Lipinski definition) is 2. The van der Waals surface area contributed by atoms with Crippen molar-refractivity contribution >= 4 is 30.5 Å². The average molecular weight is 249 g/mol. The van der Waals surface area contributed by atoms with Crippen LogP contribution in [0.3, 0.4) is 0 Å². The second-order valence-corrected chi connectivity index (χ2v) is 3.71. The fraction of sp³-hybridized carbons (Fsp3) is 0.455. The quantitative estimate of drug-likeness (QED) is 0.751. The fourth-order valence-electron chi connectivity index (χ4n) is 1.90. The number of hydrogen-bond acceptors (Lipinski definition) is 2. The van der Waals surface area contributed by atoms with Crippen molar-refractivity contribution in [3.63, 3.8) is 0 Å². The summed E-state index contributed by atoms with van der Waals surface area (Å²) in [4.78, 5) is 0. The zero-order valence-electron chi connectivity index (χ0n) is 8.61. The predicted molar refractivity (Wildman–Crippen MR) is 70.2 cm³/mol. The molecule has 0 radical (unpaired) electrons. The summed E-state index contributed by atoms with van der Waals surface area (Å²) in [6, 6.07) is 8.27. The molecule has 1 aromatic carbocycles. The minimum absolute atomic E-state index is 0. The molecule has 1 aliphatic rings. The molecule has 0 bridgehead atoms. The largest absolute Gasteiger partial charge is 0.399 e. The van der Waals surface area contributed by atoms with Crippen LogP contribution in [0.1, 0.15) is 24.3 Å². The van der Waals surface area contributed by atoms with Gasteiger partial charge in [0.1, 0.15) is 0 Å². The van der Waals surface area contributed by atoms with E-state index in [4.69, 9.17) is 5.73 Å². The van der Waals surface area contributed by atoms with Gasteiger partial charge < -0.3 is 11.1 Å². The highest BCUT2D eigenvalue weighted by molar-refractivity contribution is 5.85. The van der Waals surface area contributed by atoms with Crippen LogP contribution >= 0.6 is 24.8 Å². The first-order chi connectivity index (χ1) is 6.36. The molecule has 2 rings (SSSR count). The monoisotopic (exact) mass is 248 g/mol. The van der Waals surface area contributed by atoms with Crippen molar-refractivity contribution in [3.8, 4) is 0 Å². The topological polar surface area (TPSA) is 38.0 Å². The molecular formula is C11H18Cl2N2. The summed E-state index contributed by atoms with van der Waals surface area (Å²) in [6.07, 6.45) is 2.59. The molecule has 3 N–H and O–H groups in total. The van der Waals surface area contributed by atoms with Gasteiger partial charge in [0.2, 0.25) is 0 Å². The molecule has 86 valence electrons. The third-order valence-electron chi connectivity index (χ3n) is 2.70. The van der Waals surface area contributed by atoms with E-state index < -0.39 is 0 Å². The summed E-state index contributed by atoms with van der Waals surface area (Å²) in [5, 5.41) is 3.42. The molecule has 4 heteroatoms. The van der Waals surface area contributed by atoms with Crippen LogP contribution in [0.4, 0.5) is 5.69 Å². The van der Waals surface area contributed by atoms with Crippen molar-refractivity contribution in [2.24, 2.45) is 0 Å². The van der Waals surface area contributed by atoms with Gasteiger partial charge in [0.05, 0.1) is 0 Å². The van der Waals surface area contributed by atoms with Gasteiger partial charge in [-0.1, -0.05) is 12.1 Å². The Balaban J connectivity index is 0.000000980. The highest BCUT2D eigenvalue weighted by atomic mass is 35.5. The molecule has 1 saturated heterocycles. The first-order valence-corrected chi connectivity index (χ1v) is 4.92. The van der Waals surface area contributed by atoms with Gasteiger partial charge in [0.25, 0.3) is 0 Å². The second kappa shape index (κ2) is 6.94. The Labute approximate surface area is 103 Å². The molecule has 0 aromatic heterocycles. The molecule has 1 atom stereocenters. The van der Waals surface area contributed by atoms with Crippen molar-refractivity contribution < 1.29 is 0 Å². The van der Waals surface area contributed by atoms with Gasteiger partial charge in [-0.25, -0.2) is 0 Å². The van der Waals surface area contributed by atoms with E-state index in [-0.39, 0.29) is 24.8 Å². The van der Waals surface area contributed by atoms with E-state index in [1.807, 2.05) is 12.1 Å². The maximum Gasteiger partial charge on any atom is 0.0314 e. The summed E-state index contributed by atoms with van der Waals surface area (Å²) in [5.74, 6) is 0.689. The Morgan fingerprint density at radius 3 is 2.33 bits per heavy atom. The molecule has 0 saturated carbocycles. The van der Waals surface area contributed by atoms with Gasteiger partial charge in [-0.15, -0.1) is 24.8 Å². The zero-order chi connectivity index (χ0) is 9.10. The summed E-state index contributed by atoms with van der Waals surface area (Å²) >= 11 is 0. The lowest BCUT2D eigenvalue weighted by molar-refractivity contribution is 0.461. The van der Waals surface area contributed by atoms with Crippen molar-refractivity contribution in [2.45, 2.75) is 18.8 Å². The first-order valence-electron chi connectivity index (χ1n) is 4.92. The lowest BCUT2D eigenvalue weighted by atomic mass is 9.92. The third-order valence-corrected chi connectivity index (χ3v) is 2.70. The summed E-state index contributed by atoms with van der Waals surface area (Å²) in [7, 11) is 0. The summed E-state index contributed by atoms with van der Waals surface area (Å²) in [5.41, 5.74) is 7.91. The van der Waals surface area contributed by atoms with Gasteiger partial charge in [-0.3, -0.25) is 0 Å². The smallest absolute Gasteiger partial charge is 0.0314 e.